The zero-order valence-electron chi connectivity index (χ0n) is 16.2. The lowest BCUT2D eigenvalue weighted by Crippen LogP contribution is -2.36. The summed E-state index contributed by atoms with van der Waals surface area (Å²) in [5.74, 6) is 0. The molecule has 0 atom stereocenters. The van der Waals surface area contributed by atoms with Crippen LogP contribution in [-0.2, 0) is 4.74 Å². The molecule has 0 aliphatic carbocycles. The van der Waals surface area contributed by atoms with Crippen molar-refractivity contribution < 1.29 is 4.74 Å². The van der Waals surface area contributed by atoms with Gasteiger partial charge in [-0.2, -0.15) is 0 Å². The van der Waals surface area contributed by atoms with Gasteiger partial charge in [-0.15, -0.1) is 0 Å². The molecule has 1 saturated heterocycles. The van der Waals surface area contributed by atoms with Crippen LogP contribution in [0.3, 0.4) is 0 Å². The van der Waals surface area contributed by atoms with Crippen molar-refractivity contribution >= 4 is 28.5 Å². The van der Waals surface area contributed by atoms with E-state index < -0.39 is 0 Å². The molecule has 2 aromatic heterocycles. The summed E-state index contributed by atoms with van der Waals surface area (Å²) < 4.78 is 7.25. The second-order valence-corrected chi connectivity index (χ2v) is 7.50. The smallest absolute Gasteiger partial charge is 0.327 e. The number of benzene rings is 1. The van der Waals surface area contributed by atoms with Gasteiger partial charge in [-0.25, -0.2) is 9.78 Å². The molecule has 7 heteroatoms. The van der Waals surface area contributed by atoms with E-state index in [2.05, 4.69) is 53.0 Å². The third kappa shape index (κ3) is 3.31. The Morgan fingerprint density at radius 3 is 2.50 bits per heavy atom. The van der Waals surface area contributed by atoms with Crippen LogP contribution in [-0.4, -0.2) is 40.8 Å². The topological polar surface area (TPSA) is 63.2 Å². The standard InChI is InChI=1S/C21H25ClN4O2/c1-3-15(4-2)26-19-18(17(22)13-23-20(19)24-21(26)27)14-5-7-16(8-6-14)25-9-11-28-12-10-25/h5-8,13,15H,3-4,9-12H2,1-2H3,(H,23,24,27). The monoisotopic (exact) mass is 400 g/mol. The van der Waals surface area contributed by atoms with Gasteiger partial charge in [0.05, 0.1) is 23.8 Å². The van der Waals surface area contributed by atoms with E-state index >= 15 is 0 Å². The van der Waals surface area contributed by atoms with Crippen molar-refractivity contribution in [3.8, 4) is 11.1 Å². The Morgan fingerprint density at radius 2 is 1.86 bits per heavy atom. The van der Waals surface area contributed by atoms with Gasteiger partial charge in [-0.1, -0.05) is 37.6 Å². The Balaban J connectivity index is 1.83. The number of pyridine rings is 1. The van der Waals surface area contributed by atoms with Crippen LogP contribution in [0.1, 0.15) is 32.7 Å². The molecule has 1 aromatic carbocycles. The molecule has 0 unspecified atom stereocenters. The molecule has 3 aromatic rings. The molecule has 3 heterocycles. The van der Waals surface area contributed by atoms with Crippen LogP contribution < -0.4 is 10.6 Å². The number of nitrogens with zero attached hydrogens (tertiary/aromatic N) is 3. The number of morpholine rings is 1. The van der Waals surface area contributed by atoms with E-state index in [4.69, 9.17) is 16.3 Å². The Kier molecular flexibility index (Phi) is 5.42. The Bertz CT molecular complexity index is 1020. The highest BCUT2D eigenvalue weighted by atomic mass is 35.5. The molecule has 1 N–H and O–H groups in total. The maximum atomic E-state index is 12.7. The summed E-state index contributed by atoms with van der Waals surface area (Å²) in [6.45, 7) is 7.48. The maximum absolute atomic E-state index is 12.7. The summed E-state index contributed by atoms with van der Waals surface area (Å²) in [6, 6.07) is 8.46. The maximum Gasteiger partial charge on any atom is 0.327 e. The number of ether oxygens (including phenoxy) is 1. The van der Waals surface area contributed by atoms with Crippen molar-refractivity contribution in [2.75, 3.05) is 31.2 Å². The third-order valence-corrected chi connectivity index (χ3v) is 5.82. The summed E-state index contributed by atoms with van der Waals surface area (Å²) >= 11 is 6.58. The quantitative estimate of drug-likeness (QED) is 0.695. The third-order valence-electron chi connectivity index (χ3n) is 5.53. The van der Waals surface area contributed by atoms with Crippen molar-refractivity contribution in [2.45, 2.75) is 32.7 Å². The number of aromatic nitrogens is 3. The molecule has 0 bridgehead atoms. The molecule has 0 saturated carbocycles. The molecule has 0 spiro atoms. The zero-order chi connectivity index (χ0) is 19.7. The fourth-order valence-electron chi connectivity index (χ4n) is 4.00. The minimum atomic E-state index is -0.135. The molecular weight excluding hydrogens is 376 g/mol. The first-order valence-corrected chi connectivity index (χ1v) is 10.2. The second kappa shape index (κ2) is 7.97. The van der Waals surface area contributed by atoms with Gasteiger partial charge in [0.1, 0.15) is 0 Å². The molecule has 1 aliphatic rings. The first-order valence-electron chi connectivity index (χ1n) is 9.85. The van der Waals surface area contributed by atoms with Gasteiger partial charge in [-0.3, -0.25) is 9.55 Å². The minimum Gasteiger partial charge on any atom is -0.378 e. The number of fused-ring (bicyclic) bond motifs is 1. The largest absolute Gasteiger partial charge is 0.378 e. The van der Waals surface area contributed by atoms with E-state index in [9.17, 15) is 4.79 Å². The number of anilines is 1. The number of halogens is 1. The number of nitrogens with one attached hydrogen (secondary N) is 1. The van der Waals surface area contributed by atoms with Gasteiger partial charge in [-0.05, 0) is 30.5 Å². The second-order valence-electron chi connectivity index (χ2n) is 7.10. The number of imidazole rings is 1. The van der Waals surface area contributed by atoms with Crippen molar-refractivity contribution in [3.05, 3.63) is 46.0 Å². The number of rotatable bonds is 5. The van der Waals surface area contributed by atoms with E-state index in [1.54, 1.807) is 6.20 Å². The highest BCUT2D eigenvalue weighted by Gasteiger charge is 2.21. The van der Waals surface area contributed by atoms with Gasteiger partial charge < -0.3 is 9.64 Å². The molecule has 1 aliphatic heterocycles. The summed E-state index contributed by atoms with van der Waals surface area (Å²) in [5, 5.41) is 0.547. The lowest BCUT2D eigenvalue weighted by Gasteiger charge is -2.29. The Morgan fingerprint density at radius 1 is 1.18 bits per heavy atom. The van der Waals surface area contributed by atoms with Crippen LogP contribution in [0, 0.1) is 0 Å². The minimum absolute atomic E-state index is 0.105. The van der Waals surface area contributed by atoms with Crippen LogP contribution in [0.25, 0.3) is 22.3 Å². The van der Waals surface area contributed by atoms with Gasteiger partial charge >= 0.3 is 5.69 Å². The highest BCUT2D eigenvalue weighted by Crippen LogP contribution is 2.36. The first kappa shape index (κ1) is 19.0. The van der Waals surface area contributed by atoms with Crippen LogP contribution >= 0.6 is 11.6 Å². The molecule has 0 radical (unpaired) electrons. The number of hydrogen-bond donors (Lipinski definition) is 1. The molecule has 6 nitrogen and oxygen atoms in total. The number of H-pyrrole nitrogens is 1. The molecule has 0 amide bonds. The molecular formula is C21H25ClN4O2. The average molecular weight is 401 g/mol. The van der Waals surface area contributed by atoms with E-state index in [1.807, 2.05) is 4.57 Å². The van der Waals surface area contributed by atoms with Gasteiger partial charge in [0.15, 0.2) is 5.65 Å². The number of aromatic amines is 1. The van der Waals surface area contributed by atoms with Crippen LogP contribution in [0.15, 0.2) is 35.3 Å². The fourth-order valence-corrected chi connectivity index (χ4v) is 4.25. The molecule has 1 fully saturated rings. The van der Waals surface area contributed by atoms with Crippen molar-refractivity contribution in [1.29, 1.82) is 0 Å². The Hall–Kier alpha value is -2.31. The van der Waals surface area contributed by atoms with Gasteiger partial charge in [0.25, 0.3) is 0 Å². The molecule has 4 rings (SSSR count). The first-order chi connectivity index (χ1) is 13.6. The number of hydrogen-bond acceptors (Lipinski definition) is 4. The zero-order valence-corrected chi connectivity index (χ0v) is 17.0. The van der Waals surface area contributed by atoms with Crippen molar-refractivity contribution in [3.63, 3.8) is 0 Å². The van der Waals surface area contributed by atoms with E-state index in [-0.39, 0.29) is 11.7 Å². The van der Waals surface area contributed by atoms with Crippen LogP contribution in [0.5, 0.6) is 0 Å². The van der Waals surface area contributed by atoms with Crippen molar-refractivity contribution in [1.82, 2.24) is 14.5 Å². The van der Waals surface area contributed by atoms with Crippen LogP contribution in [0.2, 0.25) is 5.02 Å². The summed E-state index contributed by atoms with van der Waals surface area (Å²) in [7, 11) is 0. The molecule has 28 heavy (non-hydrogen) atoms. The van der Waals surface area contributed by atoms with E-state index in [0.29, 0.717) is 10.7 Å². The van der Waals surface area contributed by atoms with E-state index in [1.165, 1.54) is 5.69 Å². The molecule has 148 valence electrons. The highest BCUT2D eigenvalue weighted by molar-refractivity contribution is 6.34. The van der Waals surface area contributed by atoms with Crippen molar-refractivity contribution in [2.24, 2.45) is 0 Å². The fraction of sp³-hybridized carbons (Fsp3) is 0.429. The SMILES string of the molecule is CCC(CC)n1c(=O)[nH]c2ncc(Cl)c(-c3ccc(N4CCOCC4)cc3)c21. The predicted molar refractivity (Wildman–Crippen MR) is 113 cm³/mol. The predicted octanol–water partition coefficient (Wildman–Crippen LogP) is 4.24. The lowest BCUT2D eigenvalue weighted by atomic mass is 10.0. The average Bonchev–Trinajstić information content (AvgIpc) is 3.06. The summed E-state index contributed by atoms with van der Waals surface area (Å²) in [5.41, 5.74) is 4.22. The van der Waals surface area contributed by atoms with Gasteiger partial charge in [0, 0.05) is 36.6 Å². The van der Waals surface area contributed by atoms with Crippen LogP contribution in [0.4, 0.5) is 5.69 Å². The lowest BCUT2D eigenvalue weighted by molar-refractivity contribution is 0.122. The summed E-state index contributed by atoms with van der Waals surface area (Å²) in [4.78, 5) is 22.2. The summed E-state index contributed by atoms with van der Waals surface area (Å²) in [6.07, 6.45) is 3.35. The van der Waals surface area contributed by atoms with Gasteiger partial charge in [0.2, 0.25) is 0 Å². The van der Waals surface area contributed by atoms with E-state index in [0.717, 1.165) is 55.8 Å². The normalized spacial score (nSPS) is 14.9. The Labute approximate surface area is 169 Å².